The normalized spacial score (nSPS) is 10.2. The van der Waals surface area contributed by atoms with Gasteiger partial charge in [0, 0.05) is 10.9 Å². The summed E-state index contributed by atoms with van der Waals surface area (Å²) in [6, 6.07) is 7.87. The summed E-state index contributed by atoms with van der Waals surface area (Å²) >= 11 is 3.39. The van der Waals surface area contributed by atoms with Crippen LogP contribution in [0.1, 0.15) is 21.9 Å². The second kappa shape index (κ2) is 4.40. The first-order valence-electron chi connectivity index (χ1n) is 4.42. The highest BCUT2D eigenvalue weighted by Gasteiger charge is 2.04. The minimum Gasteiger partial charge on any atom is -0.448 e. The van der Waals surface area contributed by atoms with E-state index in [-0.39, 0.29) is 0 Å². The topological polar surface area (TPSA) is 43.1 Å². The molecule has 0 aliphatic carbocycles. The SMILES string of the molecule is O=Cc1coc(Cc2cccc(Br)c2)n1. The van der Waals surface area contributed by atoms with E-state index < -0.39 is 0 Å². The molecule has 15 heavy (non-hydrogen) atoms. The first-order valence-corrected chi connectivity index (χ1v) is 5.21. The molecule has 0 amide bonds. The molecule has 0 saturated carbocycles. The second-order valence-electron chi connectivity index (χ2n) is 3.09. The van der Waals surface area contributed by atoms with Gasteiger partial charge in [0.1, 0.15) is 12.0 Å². The van der Waals surface area contributed by atoms with E-state index >= 15 is 0 Å². The van der Waals surface area contributed by atoms with E-state index in [0.717, 1.165) is 10.0 Å². The van der Waals surface area contributed by atoms with Crippen LogP contribution in [0.4, 0.5) is 0 Å². The Kier molecular flexibility index (Phi) is 2.97. The number of rotatable bonds is 3. The van der Waals surface area contributed by atoms with Crippen molar-refractivity contribution in [3.05, 3.63) is 52.1 Å². The summed E-state index contributed by atoms with van der Waals surface area (Å²) in [6.45, 7) is 0. The van der Waals surface area contributed by atoms with Crippen molar-refractivity contribution in [1.82, 2.24) is 4.98 Å². The van der Waals surface area contributed by atoms with Gasteiger partial charge in [0.05, 0.1) is 0 Å². The maximum Gasteiger partial charge on any atom is 0.199 e. The third kappa shape index (κ3) is 2.53. The summed E-state index contributed by atoms with van der Waals surface area (Å²) in [6.07, 6.45) is 2.63. The first-order chi connectivity index (χ1) is 7.28. The molecule has 1 aromatic carbocycles. The van der Waals surface area contributed by atoms with E-state index in [9.17, 15) is 4.79 Å². The van der Waals surface area contributed by atoms with Crippen LogP contribution in [-0.2, 0) is 6.42 Å². The molecule has 1 heterocycles. The van der Waals surface area contributed by atoms with Gasteiger partial charge in [-0.15, -0.1) is 0 Å². The third-order valence-corrected chi connectivity index (χ3v) is 2.43. The van der Waals surface area contributed by atoms with E-state index in [1.807, 2.05) is 24.3 Å². The Morgan fingerprint density at radius 2 is 2.33 bits per heavy atom. The van der Waals surface area contributed by atoms with E-state index in [2.05, 4.69) is 20.9 Å². The molecule has 3 nitrogen and oxygen atoms in total. The smallest absolute Gasteiger partial charge is 0.199 e. The largest absolute Gasteiger partial charge is 0.448 e. The first kappa shape index (κ1) is 10.1. The van der Waals surface area contributed by atoms with Gasteiger partial charge in [-0.1, -0.05) is 28.1 Å². The number of halogens is 1. The van der Waals surface area contributed by atoms with Gasteiger partial charge in [-0.05, 0) is 17.7 Å². The van der Waals surface area contributed by atoms with Crippen LogP contribution < -0.4 is 0 Å². The van der Waals surface area contributed by atoms with Crippen molar-refractivity contribution in [3.8, 4) is 0 Å². The van der Waals surface area contributed by atoms with Gasteiger partial charge in [-0.25, -0.2) is 4.98 Å². The Labute approximate surface area is 95.3 Å². The summed E-state index contributed by atoms with van der Waals surface area (Å²) in [4.78, 5) is 14.4. The highest BCUT2D eigenvalue weighted by atomic mass is 79.9. The number of benzene rings is 1. The quantitative estimate of drug-likeness (QED) is 0.802. The Morgan fingerprint density at radius 1 is 1.47 bits per heavy atom. The molecule has 0 saturated heterocycles. The van der Waals surface area contributed by atoms with Crippen LogP contribution in [0.25, 0.3) is 0 Å². The van der Waals surface area contributed by atoms with Gasteiger partial charge in [-0.3, -0.25) is 4.79 Å². The molecule has 1 aromatic heterocycles. The zero-order valence-corrected chi connectivity index (χ0v) is 9.40. The predicted molar refractivity (Wildman–Crippen MR) is 58.8 cm³/mol. The van der Waals surface area contributed by atoms with Gasteiger partial charge in [0.25, 0.3) is 0 Å². The van der Waals surface area contributed by atoms with Gasteiger partial charge in [0.2, 0.25) is 0 Å². The van der Waals surface area contributed by atoms with Gasteiger partial charge in [0.15, 0.2) is 12.2 Å². The lowest BCUT2D eigenvalue weighted by Gasteiger charge is -1.97. The number of hydrogen-bond donors (Lipinski definition) is 0. The van der Waals surface area contributed by atoms with Gasteiger partial charge in [-0.2, -0.15) is 0 Å². The highest BCUT2D eigenvalue weighted by Crippen LogP contribution is 2.14. The Hall–Kier alpha value is -1.42. The van der Waals surface area contributed by atoms with E-state index in [1.54, 1.807) is 0 Å². The Balaban J connectivity index is 2.18. The highest BCUT2D eigenvalue weighted by molar-refractivity contribution is 9.10. The van der Waals surface area contributed by atoms with Crippen LogP contribution in [0.15, 0.2) is 39.4 Å². The molecule has 0 N–H and O–H groups in total. The second-order valence-corrected chi connectivity index (χ2v) is 4.01. The lowest BCUT2D eigenvalue weighted by atomic mass is 10.1. The number of aromatic nitrogens is 1. The molecule has 0 radical (unpaired) electrons. The molecular weight excluding hydrogens is 258 g/mol. The molecule has 2 aromatic rings. The maximum atomic E-state index is 10.4. The zero-order chi connectivity index (χ0) is 10.7. The fourth-order valence-corrected chi connectivity index (χ4v) is 1.73. The van der Waals surface area contributed by atoms with Crippen LogP contribution >= 0.6 is 15.9 Å². The molecule has 0 aliphatic rings. The average molecular weight is 266 g/mol. The Morgan fingerprint density at radius 3 is 3.00 bits per heavy atom. The van der Waals surface area contributed by atoms with Crippen molar-refractivity contribution in [2.24, 2.45) is 0 Å². The molecule has 0 atom stereocenters. The van der Waals surface area contributed by atoms with E-state index in [0.29, 0.717) is 24.3 Å². The summed E-state index contributed by atoms with van der Waals surface area (Å²) in [5, 5.41) is 0. The van der Waals surface area contributed by atoms with Crippen molar-refractivity contribution in [2.75, 3.05) is 0 Å². The predicted octanol–water partition coefficient (Wildman–Crippen LogP) is 2.84. The molecule has 2 rings (SSSR count). The summed E-state index contributed by atoms with van der Waals surface area (Å²) in [5.74, 6) is 0.551. The lowest BCUT2D eigenvalue weighted by Crippen LogP contribution is -1.89. The summed E-state index contributed by atoms with van der Waals surface area (Å²) in [7, 11) is 0. The zero-order valence-electron chi connectivity index (χ0n) is 7.81. The van der Waals surface area contributed by atoms with Crippen LogP contribution in [0.2, 0.25) is 0 Å². The van der Waals surface area contributed by atoms with Crippen LogP contribution in [0.3, 0.4) is 0 Å². The van der Waals surface area contributed by atoms with Crippen LogP contribution in [0.5, 0.6) is 0 Å². The number of carbonyl (C=O) groups excluding carboxylic acids is 1. The number of nitrogens with zero attached hydrogens (tertiary/aromatic N) is 1. The van der Waals surface area contributed by atoms with Crippen LogP contribution in [0, 0.1) is 0 Å². The molecule has 0 bridgehead atoms. The van der Waals surface area contributed by atoms with E-state index in [4.69, 9.17) is 4.42 Å². The van der Waals surface area contributed by atoms with Gasteiger partial charge >= 0.3 is 0 Å². The average Bonchev–Trinajstić information content (AvgIpc) is 2.65. The molecule has 4 heteroatoms. The van der Waals surface area contributed by atoms with Crippen LogP contribution in [-0.4, -0.2) is 11.3 Å². The maximum absolute atomic E-state index is 10.4. The van der Waals surface area contributed by atoms with Crippen molar-refractivity contribution in [1.29, 1.82) is 0 Å². The van der Waals surface area contributed by atoms with E-state index in [1.165, 1.54) is 6.26 Å². The molecule has 0 fully saturated rings. The Bertz CT molecular complexity index is 479. The number of oxazole rings is 1. The van der Waals surface area contributed by atoms with Crippen molar-refractivity contribution >= 4 is 22.2 Å². The molecule has 0 spiro atoms. The minimum atomic E-state index is 0.333. The molecular formula is C11H8BrNO2. The molecule has 76 valence electrons. The van der Waals surface area contributed by atoms with Crippen molar-refractivity contribution < 1.29 is 9.21 Å². The number of aldehydes is 1. The third-order valence-electron chi connectivity index (χ3n) is 1.93. The summed E-state index contributed by atoms with van der Waals surface area (Å²) in [5.41, 5.74) is 1.42. The minimum absolute atomic E-state index is 0.333. The summed E-state index contributed by atoms with van der Waals surface area (Å²) < 4.78 is 6.16. The molecule has 0 aliphatic heterocycles. The van der Waals surface area contributed by atoms with Gasteiger partial charge < -0.3 is 4.42 Å². The fraction of sp³-hybridized carbons (Fsp3) is 0.0909. The van der Waals surface area contributed by atoms with Crippen molar-refractivity contribution in [2.45, 2.75) is 6.42 Å². The lowest BCUT2D eigenvalue weighted by molar-refractivity contribution is 0.111. The monoisotopic (exact) mass is 265 g/mol. The number of carbonyl (C=O) groups is 1. The fourth-order valence-electron chi connectivity index (χ4n) is 1.28. The number of hydrogen-bond acceptors (Lipinski definition) is 3. The molecule has 0 unspecified atom stereocenters. The van der Waals surface area contributed by atoms with Crippen molar-refractivity contribution in [3.63, 3.8) is 0 Å². The standard InChI is InChI=1S/C11H8BrNO2/c12-9-3-1-2-8(4-9)5-11-13-10(6-14)7-15-11/h1-4,6-7H,5H2.